The lowest BCUT2D eigenvalue weighted by atomic mass is 10.1. The Morgan fingerprint density at radius 3 is 2.59 bits per heavy atom. The number of rotatable bonds is 5. The van der Waals surface area contributed by atoms with Crippen LogP contribution in [0.5, 0.6) is 5.75 Å². The summed E-state index contributed by atoms with van der Waals surface area (Å²) < 4.78 is 7.31. The molecule has 1 aromatic heterocycles. The summed E-state index contributed by atoms with van der Waals surface area (Å²) in [5.41, 5.74) is 6.88. The third-order valence-electron chi connectivity index (χ3n) is 4.29. The van der Waals surface area contributed by atoms with Gasteiger partial charge in [0.15, 0.2) is 6.61 Å². The van der Waals surface area contributed by atoms with Crippen molar-refractivity contribution in [3.63, 3.8) is 0 Å². The van der Waals surface area contributed by atoms with Gasteiger partial charge in [0.2, 0.25) is 0 Å². The minimum absolute atomic E-state index is 0.256. The van der Waals surface area contributed by atoms with E-state index in [1.807, 2.05) is 26.0 Å². The first-order valence-electron chi connectivity index (χ1n) is 8.76. The molecule has 0 spiro atoms. The fourth-order valence-electron chi connectivity index (χ4n) is 2.57. The van der Waals surface area contributed by atoms with Crippen molar-refractivity contribution < 1.29 is 14.3 Å². The first kappa shape index (κ1) is 20.5. The van der Waals surface area contributed by atoms with Crippen LogP contribution >= 0.6 is 15.9 Å². The topological polar surface area (TPSA) is 102 Å². The number of hydrogen-bond donors (Lipinski definition) is 2. The van der Waals surface area contributed by atoms with E-state index in [-0.39, 0.29) is 18.7 Å². The molecule has 150 valence electrons. The third kappa shape index (κ3) is 5.20. The fourth-order valence-corrected chi connectivity index (χ4v) is 2.93. The molecule has 0 unspecified atom stereocenters. The van der Waals surface area contributed by atoms with Gasteiger partial charge < -0.3 is 4.74 Å². The Labute approximate surface area is 175 Å². The molecule has 2 aromatic carbocycles. The average Bonchev–Trinajstić information content (AvgIpc) is 2.70. The quantitative estimate of drug-likeness (QED) is 0.569. The second-order valence-electron chi connectivity index (χ2n) is 6.47. The maximum Gasteiger partial charge on any atom is 0.276 e. The lowest BCUT2D eigenvalue weighted by Gasteiger charge is -2.11. The Morgan fingerprint density at radius 2 is 1.83 bits per heavy atom. The van der Waals surface area contributed by atoms with E-state index in [0.717, 1.165) is 15.6 Å². The monoisotopic (exact) mass is 458 g/mol. The smallest absolute Gasteiger partial charge is 0.276 e. The second-order valence-corrected chi connectivity index (χ2v) is 7.39. The van der Waals surface area contributed by atoms with Crippen molar-refractivity contribution in [1.29, 1.82) is 0 Å². The highest BCUT2D eigenvalue weighted by atomic mass is 79.9. The van der Waals surface area contributed by atoms with Crippen molar-refractivity contribution in [3.05, 3.63) is 68.7 Å². The van der Waals surface area contributed by atoms with Crippen molar-refractivity contribution in [2.24, 2.45) is 0 Å². The molecule has 3 aromatic rings. The Morgan fingerprint density at radius 1 is 1.07 bits per heavy atom. The average molecular weight is 459 g/mol. The number of carbonyl (C=O) groups is 2. The molecule has 0 saturated carbocycles. The third-order valence-corrected chi connectivity index (χ3v) is 4.78. The summed E-state index contributed by atoms with van der Waals surface area (Å²) in [6.45, 7) is 3.39. The minimum Gasteiger partial charge on any atom is -0.484 e. The molecule has 1 heterocycles. The molecule has 2 amide bonds. The van der Waals surface area contributed by atoms with Crippen LogP contribution in [0.15, 0.2) is 52.0 Å². The summed E-state index contributed by atoms with van der Waals surface area (Å²) in [5.74, 6) is -0.526. The fraction of sp³-hybridized carbons (Fsp3) is 0.200. The number of halogens is 1. The van der Waals surface area contributed by atoms with Crippen LogP contribution in [0.25, 0.3) is 10.9 Å². The van der Waals surface area contributed by atoms with E-state index >= 15 is 0 Å². The molecule has 0 aliphatic rings. The number of carbonyl (C=O) groups excluding carboxylic acids is 2. The van der Waals surface area contributed by atoms with Gasteiger partial charge in [0, 0.05) is 4.47 Å². The summed E-state index contributed by atoms with van der Waals surface area (Å²) in [6.07, 6.45) is 1.29. The van der Waals surface area contributed by atoms with E-state index in [9.17, 15) is 14.4 Å². The van der Waals surface area contributed by atoms with Crippen LogP contribution in [0, 0.1) is 13.8 Å². The molecule has 8 nitrogen and oxygen atoms in total. The summed E-state index contributed by atoms with van der Waals surface area (Å²) in [5, 5.41) is 0.389. The van der Waals surface area contributed by atoms with Gasteiger partial charge in [0.05, 0.1) is 17.2 Å². The van der Waals surface area contributed by atoms with Crippen LogP contribution in [0.2, 0.25) is 0 Å². The number of hydrazine groups is 1. The van der Waals surface area contributed by atoms with Gasteiger partial charge in [-0.2, -0.15) is 0 Å². The largest absolute Gasteiger partial charge is 0.484 e. The SMILES string of the molecule is Cc1ccc(OCC(=O)NNC(=O)Cn2cnc3ccc(Br)cc3c2=O)cc1C. The summed E-state index contributed by atoms with van der Waals surface area (Å²) >= 11 is 3.31. The number of aromatic nitrogens is 2. The Balaban J connectivity index is 1.53. The molecule has 0 aliphatic heterocycles. The first-order valence-corrected chi connectivity index (χ1v) is 9.55. The molecule has 3 rings (SSSR count). The van der Waals surface area contributed by atoms with Crippen molar-refractivity contribution in [1.82, 2.24) is 20.4 Å². The highest BCUT2D eigenvalue weighted by Gasteiger charge is 2.10. The van der Waals surface area contributed by atoms with E-state index in [4.69, 9.17) is 4.74 Å². The molecule has 0 fully saturated rings. The van der Waals surface area contributed by atoms with Crippen molar-refractivity contribution >= 4 is 38.6 Å². The number of amides is 2. The number of hydrogen-bond acceptors (Lipinski definition) is 5. The number of ether oxygens (including phenoxy) is 1. The van der Waals surface area contributed by atoms with Crippen LogP contribution < -0.4 is 21.1 Å². The van der Waals surface area contributed by atoms with Gasteiger partial charge in [-0.05, 0) is 55.3 Å². The normalized spacial score (nSPS) is 10.6. The summed E-state index contributed by atoms with van der Waals surface area (Å²) in [4.78, 5) is 40.6. The van der Waals surface area contributed by atoms with Crippen LogP contribution in [-0.2, 0) is 16.1 Å². The van der Waals surface area contributed by atoms with Crippen LogP contribution in [0.1, 0.15) is 11.1 Å². The van der Waals surface area contributed by atoms with E-state index in [1.165, 1.54) is 10.9 Å². The molecule has 29 heavy (non-hydrogen) atoms. The van der Waals surface area contributed by atoms with Gasteiger partial charge in [-0.1, -0.05) is 22.0 Å². The van der Waals surface area contributed by atoms with Crippen molar-refractivity contribution in [3.8, 4) is 5.75 Å². The van der Waals surface area contributed by atoms with Gasteiger partial charge in [0.25, 0.3) is 17.4 Å². The zero-order valence-electron chi connectivity index (χ0n) is 15.9. The van der Waals surface area contributed by atoms with Crippen molar-refractivity contribution in [2.45, 2.75) is 20.4 Å². The van der Waals surface area contributed by atoms with Crippen LogP contribution in [-0.4, -0.2) is 28.0 Å². The highest BCUT2D eigenvalue weighted by molar-refractivity contribution is 9.10. The van der Waals surface area contributed by atoms with Gasteiger partial charge in [-0.15, -0.1) is 0 Å². The van der Waals surface area contributed by atoms with E-state index in [0.29, 0.717) is 16.7 Å². The number of nitrogens with zero attached hydrogens (tertiary/aromatic N) is 2. The van der Waals surface area contributed by atoms with Gasteiger partial charge in [-0.25, -0.2) is 4.98 Å². The molecule has 0 saturated heterocycles. The first-order chi connectivity index (χ1) is 13.8. The maximum absolute atomic E-state index is 12.5. The molecule has 2 N–H and O–H groups in total. The predicted octanol–water partition coefficient (Wildman–Crippen LogP) is 2.00. The molecule has 9 heteroatoms. The molecule has 0 bridgehead atoms. The van der Waals surface area contributed by atoms with E-state index in [1.54, 1.807) is 24.3 Å². The Bertz CT molecular complexity index is 1140. The zero-order valence-corrected chi connectivity index (χ0v) is 17.4. The molecular weight excluding hydrogens is 440 g/mol. The Kier molecular flexibility index (Phi) is 6.28. The van der Waals surface area contributed by atoms with E-state index < -0.39 is 11.8 Å². The predicted molar refractivity (Wildman–Crippen MR) is 111 cm³/mol. The standard InChI is InChI=1S/C20H19BrN4O4/c1-12-3-5-15(7-13(12)2)29-10-19(27)24-23-18(26)9-25-11-22-17-6-4-14(21)8-16(17)20(25)28/h3-8,11H,9-10H2,1-2H3,(H,23,26)(H,24,27). The van der Waals surface area contributed by atoms with E-state index in [2.05, 4.69) is 31.8 Å². The number of aryl methyl sites for hydroxylation is 2. The summed E-state index contributed by atoms with van der Waals surface area (Å²) in [6, 6.07) is 10.6. The summed E-state index contributed by atoms with van der Waals surface area (Å²) in [7, 11) is 0. The molecule has 0 radical (unpaired) electrons. The minimum atomic E-state index is -0.567. The van der Waals surface area contributed by atoms with Crippen molar-refractivity contribution in [2.75, 3.05) is 6.61 Å². The molecule has 0 aliphatic carbocycles. The van der Waals surface area contributed by atoms with Crippen LogP contribution in [0.4, 0.5) is 0 Å². The second kappa shape index (κ2) is 8.87. The highest BCUT2D eigenvalue weighted by Crippen LogP contribution is 2.16. The maximum atomic E-state index is 12.5. The number of nitrogens with one attached hydrogen (secondary N) is 2. The van der Waals surface area contributed by atoms with Gasteiger partial charge in [0.1, 0.15) is 12.3 Å². The van der Waals surface area contributed by atoms with Gasteiger partial charge in [-0.3, -0.25) is 29.8 Å². The van der Waals surface area contributed by atoms with Gasteiger partial charge >= 0.3 is 0 Å². The Hall–Kier alpha value is -3.20. The lowest BCUT2D eigenvalue weighted by molar-refractivity contribution is -0.130. The lowest BCUT2D eigenvalue weighted by Crippen LogP contribution is -2.45. The number of fused-ring (bicyclic) bond motifs is 1. The van der Waals surface area contributed by atoms with Crippen LogP contribution in [0.3, 0.4) is 0 Å². The molecule has 0 atom stereocenters. The zero-order chi connectivity index (χ0) is 21.0. The number of benzene rings is 2. The molecular formula is C20H19BrN4O4.